The molecule has 3 N–H and O–H groups in total. The van der Waals surface area contributed by atoms with Crippen LogP contribution in [-0.4, -0.2) is 82.1 Å². The minimum absolute atomic E-state index is 0.0205. The SMILES string of the molecule is C[C@@H]1CNc2c(sc3ccc4nc(-c5ccc(N6CCN(CCCc7ccc8c(c7)n(C)c(=O)n8C7CCC(=O)NC7=O)CC6)cc5F)ccc4c23)C(=O)N1. The molecule has 3 aliphatic heterocycles. The van der Waals surface area contributed by atoms with Crippen molar-refractivity contribution < 1.29 is 18.8 Å². The van der Waals surface area contributed by atoms with Crippen molar-refractivity contribution in [3.63, 3.8) is 0 Å². The van der Waals surface area contributed by atoms with Crippen LogP contribution in [0.3, 0.4) is 0 Å². The van der Waals surface area contributed by atoms with Gasteiger partial charge in [0.15, 0.2) is 0 Å². The number of carbonyl (C=O) groups excluding carboxylic acids is 3. The quantitative estimate of drug-likeness (QED) is 0.190. The average molecular weight is 761 g/mol. The zero-order chi connectivity index (χ0) is 38.0. The summed E-state index contributed by atoms with van der Waals surface area (Å²) in [6, 6.07) is 18.4. The Balaban J connectivity index is 0.829. The van der Waals surface area contributed by atoms with Crippen molar-refractivity contribution in [1.82, 2.24) is 29.7 Å². The minimum Gasteiger partial charge on any atom is -0.381 e. The molecular weight excluding hydrogens is 720 g/mol. The summed E-state index contributed by atoms with van der Waals surface area (Å²) < 4.78 is 19.8. The molecule has 9 rings (SSSR count). The number of fused-ring (bicyclic) bond motifs is 6. The first-order valence-electron chi connectivity index (χ1n) is 18.8. The zero-order valence-corrected chi connectivity index (χ0v) is 31.5. The number of imide groups is 1. The van der Waals surface area contributed by atoms with Crippen molar-refractivity contribution in [1.29, 1.82) is 0 Å². The Kier molecular flexibility index (Phi) is 8.89. The van der Waals surface area contributed by atoms with Gasteiger partial charge in [-0.2, -0.15) is 0 Å². The lowest BCUT2D eigenvalue weighted by Gasteiger charge is -2.36. The number of hydrogen-bond donors (Lipinski definition) is 3. The standard InChI is InChI=1S/C41H41FN8O4S/c1-23-22-43-37-36-27-8-9-29(45-30(27)10-13-34(36)55-38(37)40(53)44-23)26-7-6-25(21-28(26)42)49-18-16-48(17-19-49)15-3-4-24-5-11-31-33(20-24)47(2)41(54)50(31)32-12-14-35(51)46-39(32)52/h5-11,13,20-21,23,32,43H,3-4,12,14-19,22H2,1-2H3,(H,44,53)(H,46,51,52)/t23-,32?/m1/s1. The maximum absolute atomic E-state index is 15.7. The van der Waals surface area contributed by atoms with Gasteiger partial charge in [-0.25, -0.2) is 14.2 Å². The van der Waals surface area contributed by atoms with Gasteiger partial charge in [0.25, 0.3) is 5.91 Å². The summed E-state index contributed by atoms with van der Waals surface area (Å²) in [5.74, 6) is -1.13. The van der Waals surface area contributed by atoms with Gasteiger partial charge < -0.3 is 15.5 Å². The number of aryl methyl sites for hydroxylation is 2. The monoisotopic (exact) mass is 760 g/mol. The van der Waals surface area contributed by atoms with Gasteiger partial charge in [-0.3, -0.25) is 33.7 Å². The second kappa shape index (κ2) is 13.9. The summed E-state index contributed by atoms with van der Waals surface area (Å²) in [6.07, 6.45) is 2.31. The number of thiophene rings is 1. The van der Waals surface area contributed by atoms with Crippen LogP contribution in [0.1, 0.15) is 47.5 Å². The molecule has 0 bridgehead atoms. The molecule has 282 valence electrons. The van der Waals surface area contributed by atoms with Crippen LogP contribution in [0.25, 0.3) is 43.3 Å². The molecule has 14 heteroatoms. The molecule has 0 spiro atoms. The molecule has 55 heavy (non-hydrogen) atoms. The number of piperidine rings is 1. The van der Waals surface area contributed by atoms with Crippen molar-refractivity contribution in [3.8, 4) is 11.3 Å². The van der Waals surface area contributed by atoms with E-state index in [1.54, 1.807) is 17.7 Å². The van der Waals surface area contributed by atoms with Crippen molar-refractivity contribution in [2.24, 2.45) is 7.05 Å². The Hall–Kier alpha value is -5.60. The first-order valence-corrected chi connectivity index (χ1v) is 19.7. The highest BCUT2D eigenvalue weighted by atomic mass is 32.1. The van der Waals surface area contributed by atoms with Gasteiger partial charge in [0.2, 0.25) is 11.8 Å². The maximum atomic E-state index is 15.7. The third-order valence-electron chi connectivity index (χ3n) is 11.3. The molecule has 3 amide bonds. The van der Waals surface area contributed by atoms with E-state index in [4.69, 9.17) is 4.98 Å². The van der Waals surface area contributed by atoms with E-state index in [2.05, 4.69) is 25.8 Å². The summed E-state index contributed by atoms with van der Waals surface area (Å²) >= 11 is 1.47. The fraction of sp³-hybridized carbons (Fsp3) is 0.341. The lowest BCUT2D eigenvalue weighted by Crippen LogP contribution is -2.46. The lowest BCUT2D eigenvalue weighted by atomic mass is 10.0. The van der Waals surface area contributed by atoms with Crippen molar-refractivity contribution in [2.45, 2.75) is 44.7 Å². The topological polar surface area (TPSA) is 134 Å². The number of nitrogens with one attached hydrogen (secondary N) is 3. The molecule has 2 atom stereocenters. The number of nitrogens with zero attached hydrogens (tertiary/aromatic N) is 5. The van der Waals surface area contributed by atoms with E-state index < -0.39 is 11.9 Å². The number of piperazine rings is 1. The predicted octanol–water partition coefficient (Wildman–Crippen LogP) is 5.19. The van der Waals surface area contributed by atoms with Gasteiger partial charge in [0, 0.05) is 79.0 Å². The van der Waals surface area contributed by atoms with Gasteiger partial charge in [-0.1, -0.05) is 6.07 Å². The normalized spacial score (nSPS) is 19.4. The molecule has 3 aromatic carbocycles. The van der Waals surface area contributed by atoms with E-state index in [9.17, 15) is 19.2 Å². The largest absolute Gasteiger partial charge is 0.381 e. The van der Waals surface area contributed by atoms with Crippen molar-refractivity contribution in [2.75, 3.05) is 49.5 Å². The fourth-order valence-electron chi connectivity index (χ4n) is 8.31. The van der Waals surface area contributed by atoms with Crippen molar-refractivity contribution >= 4 is 72.5 Å². The van der Waals surface area contributed by atoms with Gasteiger partial charge in [0.1, 0.15) is 16.7 Å². The number of hydrogen-bond acceptors (Lipinski definition) is 9. The molecule has 12 nitrogen and oxygen atoms in total. The average Bonchev–Trinajstić information content (AvgIpc) is 3.63. The van der Waals surface area contributed by atoms with Crippen LogP contribution in [0, 0.1) is 5.82 Å². The smallest absolute Gasteiger partial charge is 0.329 e. The number of carbonyl (C=O) groups is 3. The number of amides is 3. The molecule has 2 saturated heterocycles. The van der Waals surface area contributed by atoms with E-state index in [1.807, 2.05) is 61.5 Å². The number of halogens is 1. The van der Waals surface area contributed by atoms with E-state index in [1.165, 1.54) is 15.9 Å². The van der Waals surface area contributed by atoms with Crippen LogP contribution < -0.4 is 26.5 Å². The first kappa shape index (κ1) is 35.1. The fourth-order valence-corrected chi connectivity index (χ4v) is 9.41. The highest BCUT2D eigenvalue weighted by Gasteiger charge is 2.31. The number of rotatable bonds is 7. The van der Waals surface area contributed by atoms with Gasteiger partial charge in [-0.15, -0.1) is 11.3 Å². The number of anilines is 2. The number of aromatic nitrogens is 3. The predicted molar refractivity (Wildman–Crippen MR) is 214 cm³/mol. The summed E-state index contributed by atoms with van der Waals surface area (Å²) in [7, 11) is 1.71. The first-order chi connectivity index (χ1) is 26.6. The number of imidazole rings is 1. The molecule has 6 aromatic rings. The molecule has 0 aliphatic carbocycles. The summed E-state index contributed by atoms with van der Waals surface area (Å²) in [5.41, 5.74) is 5.77. The zero-order valence-electron chi connectivity index (χ0n) is 30.7. The molecule has 6 heterocycles. The maximum Gasteiger partial charge on any atom is 0.329 e. The van der Waals surface area contributed by atoms with Crippen LogP contribution in [0.15, 0.2) is 65.5 Å². The molecule has 0 radical (unpaired) electrons. The molecule has 3 aromatic heterocycles. The minimum atomic E-state index is -0.696. The van der Waals surface area contributed by atoms with E-state index in [0.29, 0.717) is 34.6 Å². The van der Waals surface area contributed by atoms with Crippen molar-refractivity contribution in [3.05, 3.63) is 87.4 Å². The molecule has 1 unspecified atom stereocenters. The molecule has 2 fully saturated rings. The van der Waals surface area contributed by atoms with Crippen LogP contribution in [0.4, 0.5) is 15.8 Å². The Morgan fingerprint density at radius 2 is 1.78 bits per heavy atom. The third-order valence-corrected chi connectivity index (χ3v) is 12.4. The molecule has 0 saturated carbocycles. The highest BCUT2D eigenvalue weighted by Crippen LogP contribution is 2.41. The lowest BCUT2D eigenvalue weighted by molar-refractivity contribution is -0.135. The second-order valence-electron chi connectivity index (χ2n) is 14.9. The summed E-state index contributed by atoms with van der Waals surface area (Å²) in [5, 5.41) is 10.7. The second-order valence-corrected chi connectivity index (χ2v) is 15.9. The van der Waals surface area contributed by atoms with Crippen LogP contribution in [-0.2, 0) is 23.1 Å². The molecular formula is C41H41FN8O4S. The molecule has 3 aliphatic rings. The van der Waals surface area contributed by atoms with E-state index >= 15 is 4.39 Å². The summed E-state index contributed by atoms with van der Waals surface area (Å²) in [4.78, 5) is 60.3. The Morgan fingerprint density at radius 1 is 0.945 bits per heavy atom. The highest BCUT2D eigenvalue weighted by molar-refractivity contribution is 7.21. The van der Waals surface area contributed by atoms with Crippen LogP contribution >= 0.6 is 11.3 Å². The van der Waals surface area contributed by atoms with E-state index in [0.717, 1.165) is 89.0 Å². The Bertz CT molecular complexity index is 2600. The third kappa shape index (κ3) is 6.32. The Labute approximate surface area is 319 Å². The summed E-state index contributed by atoms with van der Waals surface area (Å²) in [6.45, 7) is 6.86. The number of benzene rings is 3. The van der Waals surface area contributed by atoms with E-state index in [-0.39, 0.29) is 35.8 Å². The Morgan fingerprint density at radius 3 is 2.58 bits per heavy atom. The van der Waals surface area contributed by atoms with Gasteiger partial charge >= 0.3 is 5.69 Å². The van der Waals surface area contributed by atoms with Gasteiger partial charge in [0.05, 0.1) is 27.9 Å². The number of pyridine rings is 1. The van der Waals surface area contributed by atoms with Crippen LogP contribution in [0.5, 0.6) is 0 Å². The van der Waals surface area contributed by atoms with Crippen LogP contribution in [0.2, 0.25) is 0 Å². The van der Waals surface area contributed by atoms with Gasteiger partial charge in [-0.05, 0) is 92.9 Å².